The molecule has 1 aliphatic carbocycles. The highest BCUT2D eigenvalue weighted by Gasteiger charge is 2.32. The summed E-state index contributed by atoms with van der Waals surface area (Å²) in [6.07, 6.45) is 8.10. The van der Waals surface area contributed by atoms with Crippen LogP contribution in [-0.4, -0.2) is 42.3 Å². The zero-order valence-corrected chi connectivity index (χ0v) is 19.4. The predicted molar refractivity (Wildman–Crippen MR) is 126 cm³/mol. The SMILES string of the molecule is C=C(C)[C@H]1CCC(C)=CC1c1c(O)cc(CCCCC)cc1OC(=O)N1CCNCC1. The van der Waals surface area contributed by atoms with Gasteiger partial charge < -0.3 is 20.1 Å². The topological polar surface area (TPSA) is 61.8 Å². The second-order valence-electron chi connectivity index (χ2n) is 9.12. The molecule has 3 rings (SSSR count). The minimum Gasteiger partial charge on any atom is -0.507 e. The van der Waals surface area contributed by atoms with E-state index in [1.807, 2.05) is 12.1 Å². The number of carbonyl (C=O) groups is 1. The number of benzene rings is 1. The third-order valence-corrected chi connectivity index (χ3v) is 6.54. The standard InChI is InChI=1S/C26H38N2O3/c1-5-6-7-8-20-16-23(29)25(22-15-19(4)9-10-21(22)18(2)3)24(17-20)31-26(30)28-13-11-27-12-14-28/h15-17,21-22,27,29H,2,5-14H2,1,3-4H3/t21-,22?/m1/s1. The number of amides is 1. The second-order valence-corrected chi connectivity index (χ2v) is 9.12. The number of nitrogens with one attached hydrogen (secondary N) is 1. The number of nitrogens with zero attached hydrogens (tertiary/aromatic N) is 1. The molecule has 0 bridgehead atoms. The van der Waals surface area contributed by atoms with Gasteiger partial charge in [-0.05, 0) is 63.1 Å². The Morgan fingerprint density at radius 1 is 1.29 bits per heavy atom. The number of aromatic hydroxyl groups is 1. The van der Waals surface area contributed by atoms with Crippen molar-refractivity contribution in [1.29, 1.82) is 0 Å². The number of unbranched alkanes of at least 4 members (excludes halogenated alkanes) is 2. The van der Waals surface area contributed by atoms with Gasteiger partial charge in [0.15, 0.2) is 0 Å². The molecule has 1 unspecified atom stereocenters. The molecule has 5 nitrogen and oxygen atoms in total. The number of aryl methyl sites for hydroxylation is 1. The van der Waals surface area contributed by atoms with E-state index in [2.05, 4.69) is 38.7 Å². The smallest absolute Gasteiger partial charge is 0.415 e. The Labute approximate surface area is 187 Å². The molecule has 1 fully saturated rings. The Kier molecular flexibility index (Phi) is 8.19. The van der Waals surface area contributed by atoms with Crippen LogP contribution in [0.25, 0.3) is 0 Å². The van der Waals surface area contributed by atoms with Crippen LogP contribution in [0, 0.1) is 5.92 Å². The number of hydrogen-bond donors (Lipinski definition) is 2. The number of hydrogen-bond acceptors (Lipinski definition) is 4. The lowest BCUT2D eigenvalue weighted by molar-refractivity contribution is 0.145. The van der Waals surface area contributed by atoms with E-state index < -0.39 is 0 Å². The number of allylic oxidation sites excluding steroid dienone is 3. The largest absolute Gasteiger partial charge is 0.507 e. The molecular weight excluding hydrogens is 388 g/mol. The minimum atomic E-state index is -0.337. The average Bonchev–Trinajstić information content (AvgIpc) is 2.74. The van der Waals surface area contributed by atoms with Crippen LogP contribution in [0.1, 0.15) is 69.9 Å². The van der Waals surface area contributed by atoms with Crippen LogP contribution in [0.15, 0.2) is 35.9 Å². The molecule has 1 aromatic carbocycles. The van der Waals surface area contributed by atoms with Gasteiger partial charge in [-0.3, -0.25) is 0 Å². The zero-order chi connectivity index (χ0) is 22.4. The number of ether oxygens (including phenoxy) is 1. The Morgan fingerprint density at radius 3 is 2.71 bits per heavy atom. The van der Waals surface area contributed by atoms with Gasteiger partial charge in [0.05, 0.1) is 0 Å². The van der Waals surface area contributed by atoms with Crippen molar-refractivity contribution >= 4 is 6.09 Å². The van der Waals surface area contributed by atoms with Crippen molar-refractivity contribution in [3.05, 3.63) is 47.1 Å². The van der Waals surface area contributed by atoms with Crippen LogP contribution >= 0.6 is 0 Å². The summed E-state index contributed by atoms with van der Waals surface area (Å²) < 4.78 is 5.97. The van der Waals surface area contributed by atoms with Gasteiger partial charge in [0, 0.05) is 37.7 Å². The first-order chi connectivity index (χ1) is 14.9. The normalized spacial score (nSPS) is 21.5. The van der Waals surface area contributed by atoms with Gasteiger partial charge in [-0.1, -0.05) is 43.6 Å². The molecule has 1 heterocycles. The molecule has 2 aliphatic rings. The van der Waals surface area contributed by atoms with Crippen molar-refractivity contribution in [3.63, 3.8) is 0 Å². The molecule has 5 heteroatoms. The lowest BCUT2D eigenvalue weighted by Crippen LogP contribution is -2.47. The molecule has 1 amide bonds. The molecule has 2 atom stereocenters. The molecular formula is C26H38N2O3. The first-order valence-electron chi connectivity index (χ1n) is 11.8. The van der Waals surface area contributed by atoms with Crippen molar-refractivity contribution in [3.8, 4) is 11.5 Å². The Morgan fingerprint density at radius 2 is 2.03 bits per heavy atom. The Hall–Kier alpha value is -2.27. The molecule has 2 N–H and O–H groups in total. The molecule has 1 saturated heterocycles. The highest BCUT2D eigenvalue weighted by atomic mass is 16.6. The van der Waals surface area contributed by atoms with E-state index in [1.54, 1.807) is 4.90 Å². The van der Waals surface area contributed by atoms with E-state index in [4.69, 9.17) is 4.74 Å². The van der Waals surface area contributed by atoms with E-state index in [-0.39, 0.29) is 23.7 Å². The molecule has 0 aromatic heterocycles. The van der Waals surface area contributed by atoms with Gasteiger partial charge in [-0.15, -0.1) is 0 Å². The number of phenolic OH excluding ortho intramolecular Hbond substituents is 1. The van der Waals surface area contributed by atoms with Crippen molar-refractivity contribution < 1.29 is 14.6 Å². The summed E-state index contributed by atoms with van der Waals surface area (Å²) in [5, 5.41) is 14.4. The highest BCUT2D eigenvalue weighted by Crippen LogP contribution is 2.47. The second kappa shape index (κ2) is 10.9. The van der Waals surface area contributed by atoms with E-state index >= 15 is 0 Å². The van der Waals surface area contributed by atoms with Crippen LogP contribution in [0.4, 0.5) is 4.79 Å². The van der Waals surface area contributed by atoms with Gasteiger partial charge in [-0.25, -0.2) is 4.79 Å². The van der Waals surface area contributed by atoms with Crippen LogP contribution in [0.3, 0.4) is 0 Å². The van der Waals surface area contributed by atoms with Crippen LogP contribution in [0.5, 0.6) is 11.5 Å². The van der Waals surface area contributed by atoms with Gasteiger partial charge in [-0.2, -0.15) is 0 Å². The quantitative estimate of drug-likeness (QED) is 0.444. The number of carbonyl (C=O) groups excluding carboxylic acids is 1. The van der Waals surface area contributed by atoms with Crippen molar-refractivity contribution in [2.24, 2.45) is 5.92 Å². The molecule has 0 radical (unpaired) electrons. The monoisotopic (exact) mass is 426 g/mol. The van der Waals surface area contributed by atoms with Crippen molar-refractivity contribution in [1.82, 2.24) is 10.2 Å². The maximum atomic E-state index is 12.9. The van der Waals surface area contributed by atoms with E-state index in [1.165, 1.54) is 5.57 Å². The zero-order valence-electron chi connectivity index (χ0n) is 19.4. The summed E-state index contributed by atoms with van der Waals surface area (Å²) >= 11 is 0. The fourth-order valence-corrected chi connectivity index (χ4v) is 4.72. The minimum absolute atomic E-state index is 0.0400. The highest BCUT2D eigenvalue weighted by molar-refractivity contribution is 5.72. The molecule has 1 aromatic rings. The maximum absolute atomic E-state index is 12.9. The molecule has 1 aliphatic heterocycles. The number of rotatable bonds is 7. The van der Waals surface area contributed by atoms with Gasteiger partial charge >= 0.3 is 6.09 Å². The summed E-state index contributed by atoms with van der Waals surface area (Å²) in [6, 6.07) is 3.83. The summed E-state index contributed by atoms with van der Waals surface area (Å²) in [7, 11) is 0. The summed E-state index contributed by atoms with van der Waals surface area (Å²) in [4.78, 5) is 14.7. The Bertz CT molecular complexity index is 824. The van der Waals surface area contributed by atoms with Crippen molar-refractivity contribution in [2.75, 3.05) is 26.2 Å². The van der Waals surface area contributed by atoms with Gasteiger partial charge in [0.2, 0.25) is 0 Å². The summed E-state index contributed by atoms with van der Waals surface area (Å²) in [5.41, 5.74) is 4.13. The lowest BCUT2D eigenvalue weighted by atomic mass is 9.73. The number of piperazine rings is 1. The number of phenols is 1. The first-order valence-corrected chi connectivity index (χ1v) is 11.8. The van der Waals surface area contributed by atoms with Crippen molar-refractivity contribution in [2.45, 2.75) is 65.2 Å². The fourth-order valence-electron chi connectivity index (χ4n) is 4.72. The van der Waals surface area contributed by atoms with E-state index in [9.17, 15) is 9.90 Å². The van der Waals surface area contributed by atoms with Gasteiger partial charge in [0.1, 0.15) is 11.5 Å². The summed E-state index contributed by atoms with van der Waals surface area (Å²) in [5.74, 6) is 0.899. The maximum Gasteiger partial charge on any atom is 0.415 e. The molecule has 0 spiro atoms. The van der Waals surface area contributed by atoms with Crippen LogP contribution in [0.2, 0.25) is 0 Å². The third-order valence-electron chi connectivity index (χ3n) is 6.54. The average molecular weight is 427 g/mol. The first kappa shape index (κ1) is 23.4. The predicted octanol–water partition coefficient (Wildman–Crippen LogP) is 5.54. The van der Waals surface area contributed by atoms with E-state index in [0.29, 0.717) is 18.8 Å². The lowest BCUT2D eigenvalue weighted by Gasteiger charge is -2.32. The third kappa shape index (κ3) is 5.91. The molecule has 170 valence electrons. The van der Waals surface area contributed by atoms with Crippen LogP contribution in [-0.2, 0) is 6.42 Å². The van der Waals surface area contributed by atoms with Crippen LogP contribution < -0.4 is 10.1 Å². The molecule has 31 heavy (non-hydrogen) atoms. The Balaban J connectivity index is 1.98. The fraction of sp³-hybridized carbons (Fsp3) is 0.577. The van der Waals surface area contributed by atoms with E-state index in [0.717, 1.165) is 68.3 Å². The summed E-state index contributed by atoms with van der Waals surface area (Å²) in [6.45, 7) is 13.4. The molecule has 0 saturated carbocycles. The van der Waals surface area contributed by atoms with Gasteiger partial charge in [0.25, 0.3) is 0 Å².